The molecule has 5 rings (SSSR count). The number of aryl methyl sites for hydroxylation is 2. The SMILES string of the molecule is Cc1ccccc1Oc1c(C#N)c(C#N)c(Oc2ccccc2C)c(Oc2ccc(F)cc2)c1Oc1ccc(F)cc1. The van der Waals surface area contributed by atoms with Gasteiger partial charge in [-0.1, -0.05) is 36.4 Å². The van der Waals surface area contributed by atoms with E-state index in [-0.39, 0.29) is 45.6 Å². The van der Waals surface area contributed by atoms with E-state index >= 15 is 0 Å². The van der Waals surface area contributed by atoms with Crippen molar-refractivity contribution >= 4 is 0 Å². The van der Waals surface area contributed by atoms with Crippen LogP contribution in [-0.4, -0.2) is 0 Å². The van der Waals surface area contributed by atoms with Gasteiger partial charge < -0.3 is 18.9 Å². The highest BCUT2D eigenvalue weighted by Gasteiger charge is 2.32. The molecule has 0 radical (unpaired) electrons. The average Bonchev–Trinajstić information content (AvgIpc) is 2.99. The molecule has 0 N–H and O–H groups in total. The number of benzene rings is 5. The van der Waals surface area contributed by atoms with Crippen LogP contribution in [0, 0.1) is 48.1 Å². The van der Waals surface area contributed by atoms with Crippen LogP contribution in [0.15, 0.2) is 97.1 Å². The lowest BCUT2D eigenvalue weighted by Crippen LogP contribution is -2.04. The molecule has 0 unspecified atom stereocenters. The Bertz CT molecular complexity index is 1700. The molecule has 0 aliphatic rings. The number of rotatable bonds is 8. The molecule has 0 fully saturated rings. The highest BCUT2D eigenvalue weighted by molar-refractivity contribution is 5.75. The normalized spacial score (nSPS) is 10.3. The van der Waals surface area contributed by atoms with Gasteiger partial charge in [-0.3, -0.25) is 0 Å². The molecule has 5 aromatic carbocycles. The van der Waals surface area contributed by atoms with Crippen molar-refractivity contribution in [2.24, 2.45) is 0 Å². The summed E-state index contributed by atoms with van der Waals surface area (Å²) in [6.45, 7) is 3.64. The Morgan fingerprint density at radius 2 is 0.833 bits per heavy atom. The standard InChI is InChI=1S/C34H22F2N2O4/c1-21-7-3-5-9-29(21)41-31-27(19-37)28(20-38)32(42-30-10-6-4-8-22(30)2)34(40-26-17-13-24(36)14-18-26)33(31)39-25-15-11-23(35)12-16-25/h3-18H,1-2H3. The second kappa shape index (κ2) is 12.1. The zero-order chi connectivity index (χ0) is 29.6. The van der Waals surface area contributed by atoms with Crippen molar-refractivity contribution < 1.29 is 27.7 Å². The molecule has 0 heterocycles. The van der Waals surface area contributed by atoms with Crippen LogP contribution >= 0.6 is 0 Å². The maximum atomic E-state index is 13.8. The molecule has 6 nitrogen and oxygen atoms in total. The van der Waals surface area contributed by atoms with Gasteiger partial charge in [-0.2, -0.15) is 10.5 Å². The minimum Gasteiger partial charge on any atom is -0.452 e. The van der Waals surface area contributed by atoms with Crippen molar-refractivity contribution in [3.05, 3.63) is 131 Å². The number of nitriles is 2. The van der Waals surface area contributed by atoms with E-state index < -0.39 is 11.6 Å². The molecule has 0 saturated heterocycles. The summed E-state index contributed by atoms with van der Waals surface area (Å²) in [5.41, 5.74) is 1.14. The number of ether oxygens (including phenoxy) is 4. The molecule has 8 heteroatoms. The van der Waals surface area contributed by atoms with E-state index in [2.05, 4.69) is 12.1 Å². The lowest BCUT2D eigenvalue weighted by Gasteiger charge is -2.22. The van der Waals surface area contributed by atoms with Crippen LogP contribution in [0.3, 0.4) is 0 Å². The van der Waals surface area contributed by atoms with E-state index in [4.69, 9.17) is 18.9 Å². The zero-order valence-electron chi connectivity index (χ0n) is 22.5. The molecule has 5 aromatic rings. The largest absolute Gasteiger partial charge is 0.452 e. The second-order valence-electron chi connectivity index (χ2n) is 9.14. The van der Waals surface area contributed by atoms with Gasteiger partial charge in [-0.15, -0.1) is 0 Å². The van der Waals surface area contributed by atoms with Crippen LogP contribution in [0.1, 0.15) is 22.3 Å². The summed E-state index contributed by atoms with van der Waals surface area (Å²) in [5, 5.41) is 20.7. The van der Waals surface area contributed by atoms with Gasteiger partial charge in [-0.25, -0.2) is 8.78 Å². The van der Waals surface area contributed by atoms with Crippen LogP contribution in [-0.2, 0) is 0 Å². The van der Waals surface area contributed by atoms with Crippen molar-refractivity contribution in [3.63, 3.8) is 0 Å². The molecule has 0 spiro atoms. The lowest BCUT2D eigenvalue weighted by atomic mass is 10.0. The summed E-state index contributed by atoms with van der Waals surface area (Å²) in [7, 11) is 0. The fourth-order valence-corrected chi connectivity index (χ4v) is 4.06. The predicted octanol–water partition coefficient (Wildman–Crippen LogP) is 9.49. The first kappa shape index (κ1) is 27.7. The molecular weight excluding hydrogens is 538 g/mol. The van der Waals surface area contributed by atoms with Crippen LogP contribution < -0.4 is 18.9 Å². The highest BCUT2D eigenvalue weighted by Crippen LogP contribution is 2.54. The van der Waals surface area contributed by atoms with E-state index in [1.807, 2.05) is 38.1 Å². The third-order valence-corrected chi connectivity index (χ3v) is 6.22. The molecular formula is C34H22F2N2O4. The molecule has 0 bridgehead atoms. The van der Waals surface area contributed by atoms with Crippen LogP contribution in [0.25, 0.3) is 0 Å². The average molecular weight is 561 g/mol. The lowest BCUT2D eigenvalue weighted by molar-refractivity contribution is 0.363. The van der Waals surface area contributed by atoms with Gasteiger partial charge in [0.05, 0.1) is 0 Å². The van der Waals surface area contributed by atoms with Crippen molar-refractivity contribution in [2.75, 3.05) is 0 Å². The monoisotopic (exact) mass is 560 g/mol. The van der Waals surface area contributed by atoms with E-state index in [0.29, 0.717) is 11.5 Å². The molecule has 206 valence electrons. The van der Waals surface area contributed by atoms with Gasteiger partial charge >= 0.3 is 0 Å². The van der Waals surface area contributed by atoms with Crippen molar-refractivity contribution in [1.29, 1.82) is 10.5 Å². The summed E-state index contributed by atoms with van der Waals surface area (Å²) < 4.78 is 52.5. The third-order valence-electron chi connectivity index (χ3n) is 6.22. The van der Waals surface area contributed by atoms with Crippen molar-refractivity contribution in [1.82, 2.24) is 0 Å². The molecule has 0 atom stereocenters. The first-order valence-corrected chi connectivity index (χ1v) is 12.8. The fourth-order valence-electron chi connectivity index (χ4n) is 4.06. The molecule has 0 aromatic heterocycles. The minimum absolute atomic E-state index is 0.117. The maximum Gasteiger partial charge on any atom is 0.217 e. The minimum atomic E-state index is -0.484. The molecule has 0 aliphatic heterocycles. The Morgan fingerprint density at radius 1 is 0.476 bits per heavy atom. The summed E-state index contributed by atoms with van der Waals surface area (Å²) in [6, 6.07) is 28.7. The van der Waals surface area contributed by atoms with Gasteiger partial charge in [0, 0.05) is 0 Å². The highest BCUT2D eigenvalue weighted by atomic mass is 19.1. The number of para-hydroxylation sites is 2. The number of nitrogens with zero attached hydrogens (tertiary/aromatic N) is 2. The summed E-state index contributed by atoms with van der Waals surface area (Å²) >= 11 is 0. The Balaban J connectivity index is 1.83. The van der Waals surface area contributed by atoms with Crippen LogP contribution in [0.4, 0.5) is 8.78 Å². The Hall–Kier alpha value is -5.86. The number of hydrogen-bond acceptors (Lipinski definition) is 6. The number of hydrogen-bond donors (Lipinski definition) is 0. The summed E-state index contributed by atoms with van der Waals surface area (Å²) in [4.78, 5) is 0. The van der Waals surface area contributed by atoms with Crippen LogP contribution in [0.5, 0.6) is 46.0 Å². The van der Waals surface area contributed by atoms with E-state index in [1.54, 1.807) is 24.3 Å². The van der Waals surface area contributed by atoms with E-state index in [1.165, 1.54) is 48.5 Å². The van der Waals surface area contributed by atoms with Gasteiger partial charge in [0.15, 0.2) is 11.5 Å². The number of halogens is 2. The maximum absolute atomic E-state index is 13.8. The summed E-state index contributed by atoms with van der Waals surface area (Å²) in [5.74, 6) is -0.295. The zero-order valence-corrected chi connectivity index (χ0v) is 22.5. The quantitative estimate of drug-likeness (QED) is 0.188. The fraction of sp³-hybridized carbons (Fsp3) is 0.0588. The van der Waals surface area contributed by atoms with Gasteiger partial charge in [0.2, 0.25) is 11.5 Å². The second-order valence-corrected chi connectivity index (χ2v) is 9.14. The van der Waals surface area contributed by atoms with E-state index in [9.17, 15) is 19.3 Å². The third kappa shape index (κ3) is 5.84. The van der Waals surface area contributed by atoms with E-state index in [0.717, 1.165) is 11.1 Å². The first-order chi connectivity index (χ1) is 20.4. The van der Waals surface area contributed by atoms with Gasteiger partial charge in [0.25, 0.3) is 0 Å². The molecule has 42 heavy (non-hydrogen) atoms. The van der Waals surface area contributed by atoms with Crippen LogP contribution in [0.2, 0.25) is 0 Å². The van der Waals surface area contributed by atoms with Crippen molar-refractivity contribution in [2.45, 2.75) is 13.8 Å². The van der Waals surface area contributed by atoms with Gasteiger partial charge in [0.1, 0.15) is 57.9 Å². The van der Waals surface area contributed by atoms with Crippen molar-refractivity contribution in [3.8, 4) is 58.1 Å². The molecule has 0 saturated carbocycles. The topological polar surface area (TPSA) is 84.5 Å². The van der Waals surface area contributed by atoms with Gasteiger partial charge in [-0.05, 0) is 85.6 Å². The smallest absolute Gasteiger partial charge is 0.217 e. The molecule has 0 amide bonds. The summed E-state index contributed by atoms with van der Waals surface area (Å²) in [6.07, 6.45) is 0. The predicted molar refractivity (Wildman–Crippen MR) is 151 cm³/mol. The Morgan fingerprint density at radius 3 is 1.17 bits per heavy atom. The Labute approximate surface area is 241 Å². The Kier molecular flexibility index (Phi) is 7.99. The molecule has 0 aliphatic carbocycles. The first-order valence-electron chi connectivity index (χ1n) is 12.8.